The van der Waals surface area contributed by atoms with Crippen LogP contribution in [0.15, 0.2) is 29.2 Å². The normalized spacial score (nSPS) is 9.08. The molecule has 0 saturated heterocycles. The monoisotopic (exact) mass is 370 g/mol. The Hall–Kier alpha value is -0.0249. The SMILES string of the molecule is [CH3][Hg][S]c1ccccc1C(=O)O. The topological polar surface area (TPSA) is 37.3 Å². The van der Waals surface area contributed by atoms with Crippen molar-refractivity contribution in [3.8, 4) is 0 Å². The Morgan fingerprint density at radius 1 is 1.50 bits per heavy atom. The van der Waals surface area contributed by atoms with E-state index < -0.39 is 29.0 Å². The standard InChI is InChI=1S/C7H6O2S.CH3.Hg/c8-7(9)5-3-1-2-4-6(5)10;;/h1-4,10H,(H,8,9);1H3;/q;;+1/p-1. The van der Waals surface area contributed by atoms with Crippen molar-refractivity contribution in [1.29, 1.82) is 0 Å². The number of benzene rings is 1. The maximum absolute atomic E-state index is 10.7. The summed E-state index contributed by atoms with van der Waals surface area (Å²) in [5.41, 5.74) is 0.448. The zero-order valence-corrected chi connectivity index (χ0v) is 13.1. The molecule has 1 N–H and O–H groups in total. The van der Waals surface area contributed by atoms with Crippen LogP contribution in [0.5, 0.6) is 0 Å². The first-order chi connectivity index (χ1) is 5.75. The molecular formula is C8H8HgO2S. The first kappa shape index (κ1) is 10.1. The molecule has 4 heteroatoms. The van der Waals surface area contributed by atoms with Crippen LogP contribution in [0.4, 0.5) is 0 Å². The number of rotatable bonds is 3. The predicted molar refractivity (Wildman–Crippen MR) is 45.1 cm³/mol. The van der Waals surface area contributed by atoms with Crippen molar-refractivity contribution in [1.82, 2.24) is 0 Å². The van der Waals surface area contributed by atoms with Crippen LogP contribution in [0.3, 0.4) is 0 Å². The van der Waals surface area contributed by atoms with Crippen LogP contribution in [0.2, 0.25) is 4.43 Å². The molecule has 0 aliphatic heterocycles. The summed E-state index contributed by atoms with van der Waals surface area (Å²) in [4.78, 5) is 11.6. The molecule has 60 valence electrons. The number of carbonyl (C=O) groups is 1. The molecule has 1 aromatic carbocycles. The molecule has 0 aromatic heterocycles. The van der Waals surface area contributed by atoms with Crippen molar-refractivity contribution in [2.75, 3.05) is 0 Å². The van der Waals surface area contributed by atoms with Crippen molar-refractivity contribution in [3.63, 3.8) is 0 Å². The van der Waals surface area contributed by atoms with E-state index in [1.165, 1.54) is 0 Å². The third-order valence-electron chi connectivity index (χ3n) is 1.42. The van der Waals surface area contributed by atoms with E-state index in [1.54, 1.807) is 20.4 Å². The Bertz CT molecular complexity index is 288. The zero-order valence-electron chi connectivity index (χ0n) is 6.78. The molecule has 1 rings (SSSR count). The third-order valence-corrected chi connectivity index (χ3v) is 9.37. The number of hydrogen-bond acceptors (Lipinski definition) is 2. The number of carboxylic acid groups (broad SMARTS) is 1. The van der Waals surface area contributed by atoms with Gasteiger partial charge in [-0.3, -0.25) is 0 Å². The summed E-state index contributed by atoms with van der Waals surface area (Å²) >= 11 is -0.831. The van der Waals surface area contributed by atoms with Crippen LogP contribution in [0.25, 0.3) is 0 Å². The fraction of sp³-hybridized carbons (Fsp3) is 0.125. The molecule has 0 spiro atoms. The van der Waals surface area contributed by atoms with Gasteiger partial charge in [-0.25, -0.2) is 0 Å². The predicted octanol–water partition coefficient (Wildman–Crippen LogP) is 2.52. The van der Waals surface area contributed by atoms with Crippen molar-refractivity contribution in [2.45, 2.75) is 9.33 Å². The van der Waals surface area contributed by atoms with Gasteiger partial charge in [0, 0.05) is 0 Å². The van der Waals surface area contributed by atoms with Gasteiger partial charge in [0.15, 0.2) is 0 Å². The van der Waals surface area contributed by atoms with E-state index in [2.05, 4.69) is 4.43 Å². The molecule has 2 nitrogen and oxygen atoms in total. The van der Waals surface area contributed by atoms with Gasteiger partial charge < -0.3 is 0 Å². The molecule has 0 aliphatic rings. The van der Waals surface area contributed by atoms with E-state index >= 15 is 0 Å². The Balaban J connectivity index is 3.00. The second-order valence-electron chi connectivity index (χ2n) is 2.23. The Kier molecular flexibility index (Phi) is 4.08. The number of hydrogen-bond donors (Lipinski definition) is 1. The van der Waals surface area contributed by atoms with Crippen LogP contribution in [-0.2, 0) is 23.1 Å². The second kappa shape index (κ2) is 4.87. The van der Waals surface area contributed by atoms with E-state index in [4.69, 9.17) is 5.11 Å². The van der Waals surface area contributed by atoms with Gasteiger partial charge in [-0.1, -0.05) is 0 Å². The van der Waals surface area contributed by atoms with Crippen molar-refractivity contribution in [2.24, 2.45) is 0 Å². The summed E-state index contributed by atoms with van der Waals surface area (Å²) < 4.78 is 2.23. The van der Waals surface area contributed by atoms with Gasteiger partial charge >= 0.3 is 86.3 Å². The minimum atomic E-state index is -0.831. The molecule has 0 heterocycles. The van der Waals surface area contributed by atoms with E-state index in [9.17, 15) is 4.79 Å². The zero-order chi connectivity index (χ0) is 8.97. The average molecular weight is 369 g/mol. The van der Waals surface area contributed by atoms with E-state index in [1.807, 2.05) is 12.1 Å². The number of carboxylic acids is 1. The third kappa shape index (κ3) is 2.49. The molecule has 0 saturated carbocycles. The first-order valence-corrected chi connectivity index (χ1v) is 16.9. The van der Waals surface area contributed by atoms with Gasteiger partial charge in [-0.05, 0) is 0 Å². The van der Waals surface area contributed by atoms with Crippen molar-refractivity contribution >= 4 is 14.2 Å². The average Bonchev–Trinajstić information content (AvgIpc) is 2.05. The Labute approximate surface area is 85.9 Å². The maximum atomic E-state index is 10.7. The Morgan fingerprint density at radius 2 is 2.17 bits per heavy atom. The van der Waals surface area contributed by atoms with Crippen molar-refractivity contribution < 1.29 is 33.0 Å². The van der Waals surface area contributed by atoms with Crippen LogP contribution in [0, 0.1) is 0 Å². The van der Waals surface area contributed by atoms with E-state index in [0.29, 0.717) is 5.56 Å². The van der Waals surface area contributed by atoms with Crippen LogP contribution >= 0.6 is 8.24 Å². The number of aromatic carboxylic acids is 1. The molecule has 0 radical (unpaired) electrons. The van der Waals surface area contributed by atoms with Gasteiger partial charge in [0.05, 0.1) is 0 Å². The first-order valence-electron chi connectivity index (χ1n) is 3.70. The summed E-state index contributed by atoms with van der Waals surface area (Å²) in [5.74, 6) is -0.819. The van der Waals surface area contributed by atoms with Gasteiger partial charge in [0.1, 0.15) is 0 Å². The van der Waals surface area contributed by atoms with Crippen LogP contribution < -0.4 is 0 Å². The van der Waals surface area contributed by atoms with Gasteiger partial charge in [0.25, 0.3) is 0 Å². The van der Waals surface area contributed by atoms with Crippen LogP contribution in [0.1, 0.15) is 10.4 Å². The summed E-state index contributed by atoms with van der Waals surface area (Å²) in [6, 6.07) is 7.20. The molecular weight excluding hydrogens is 361 g/mol. The summed E-state index contributed by atoms with van der Waals surface area (Å²) in [7, 11) is 1.77. The minimum absolute atomic E-state index is 0.448. The molecule has 1 aromatic rings. The van der Waals surface area contributed by atoms with Crippen molar-refractivity contribution in [3.05, 3.63) is 29.8 Å². The van der Waals surface area contributed by atoms with Gasteiger partial charge in [-0.15, -0.1) is 0 Å². The molecule has 0 unspecified atom stereocenters. The Morgan fingerprint density at radius 3 is 2.75 bits per heavy atom. The summed E-state index contributed by atoms with van der Waals surface area (Å²) in [6.07, 6.45) is 0. The molecule has 12 heavy (non-hydrogen) atoms. The summed E-state index contributed by atoms with van der Waals surface area (Å²) in [6.45, 7) is 0. The molecule has 0 amide bonds. The molecule has 0 aliphatic carbocycles. The molecule has 0 atom stereocenters. The molecule has 0 fully saturated rings. The summed E-state index contributed by atoms with van der Waals surface area (Å²) in [5, 5.41) is 8.80. The van der Waals surface area contributed by atoms with Crippen LogP contribution in [-0.4, -0.2) is 11.1 Å². The fourth-order valence-electron chi connectivity index (χ4n) is 0.925. The quantitative estimate of drug-likeness (QED) is 0.833. The van der Waals surface area contributed by atoms with Gasteiger partial charge in [0.2, 0.25) is 0 Å². The second-order valence-corrected chi connectivity index (χ2v) is 13.6. The van der Waals surface area contributed by atoms with E-state index in [0.717, 1.165) is 4.90 Å². The molecule has 0 bridgehead atoms. The van der Waals surface area contributed by atoms with Gasteiger partial charge in [-0.2, -0.15) is 0 Å². The van der Waals surface area contributed by atoms with E-state index in [-0.39, 0.29) is 0 Å². The fourth-order valence-corrected chi connectivity index (χ4v) is 8.28.